The van der Waals surface area contributed by atoms with Crippen molar-refractivity contribution in [2.75, 3.05) is 13.2 Å². The summed E-state index contributed by atoms with van der Waals surface area (Å²) >= 11 is 0. The predicted molar refractivity (Wildman–Crippen MR) is 88.1 cm³/mol. The number of aryl methyl sites for hydroxylation is 2. The highest BCUT2D eigenvalue weighted by atomic mass is 16.5. The van der Waals surface area contributed by atoms with Gasteiger partial charge in [0.15, 0.2) is 0 Å². The second kappa shape index (κ2) is 8.08. The molecule has 0 radical (unpaired) electrons. The molecule has 2 N–H and O–H groups in total. The van der Waals surface area contributed by atoms with Crippen molar-refractivity contribution in [3.05, 3.63) is 65.2 Å². The molecule has 0 heterocycles. The Morgan fingerprint density at radius 1 is 1.05 bits per heavy atom. The van der Waals surface area contributed by atoms with E-state index < -0.39 is 0 Å². The molecule has 0 aliphatic carbocycles. The molecule has 0 aliphatic rings. The minimum atomic E-state index is -0.187. The molecular formula is C18H22N2O2. The Morgan fingerprint density at radius 3 is 2.59 bits per heavy atom. The number of carbonyl (C=O) groups excluding carboxylic acids is 1. The SMILES string of the molecule is Cc1ccc(C)c(OCCNC(=O)NCc2ccccc2)c1. The van der Waals surface area contributed by atoms with Crippen LogP contribution in [0.15, 0.2) is 48.5 Å². The summed E-state index contributed by atoms with van der Waals surface area (Å²) in [5.74, 6) is 0.867. The van der Waals surface area contributed by atoms with E-state index in [-0.39, 0.29) is 6.03 Å². The zero-order chi connectivity index (χ0) is 15.8. The van der Waals surface area contributed by atoms with Crippen molar-refractivity contribution >= 4 is 6.03 Å². The van der Waals surface area contributed by atoms with Crippen LogP contribution >= 0.6 is 0 Å². The second-order valence-electron chi connectivity index (χ2n) is 5.21. The van der Waals surface area contributed by atoms with Crippen molar-refractivity contribution in [1.29, 1.82) is 0 Å². The first-order chi connectivity index (χ1) is 10.6. The van der Waals surface area contributed by atoms with Crippen LogP contribution < -0.4 is 15.4 Å². The monoisotopic (exact) mass is 298 g/mol. The Bertz CT molecular complexity index is 612. The van der Waals surface area contributed by atoms with E-state index in [1.807, 2.05) is 56.3 Å². The molecule has 0 bridgehead atoms. The fourth-order valence-electron chi connectivity index (χ4n) is 2.03. The molecule has 4 heteroatoms. The summed E-state index contributed by atoms with van der Waals surface area (Å²) in [5, 5.41) is 5.59. The normalized spacial score (nSPS) is 10.1. The van der Waals surface area contributed by atoms with E-state index in [0.717, 1.165) is 22.4 Å². The van der Waals surface area contributed by atoms with Crippen LogP contribution in [0, 0.1) is 13.8 Å². The van der Waals surface area contributed by atoms with Crippen molar-refractivity contribution in [3.63, 3.8) is 0 Å². The number of hydrogen-bond acceptors (Lipinski definition) is 2. The van der Waals surface area contributed by atoms with Crippen LogP contribution in [0.4, 0.5) is 4.79 Å². The lowest BCUT2D eigenvalue weighted by atomic mass is 10.1. The third kappa shape index (κ3) is 5.13. The summed E-state index contributed by atoms with van der Waals surface area (Å²) < 4.78 is 5.69. The summed E-state index contributed by atoms with van der Waals surface area (Å²) in [5.41, 5.74) is 3.33. The van der Waals surface area contributed by atoms with Gasteiger partial charge in [-0.2, -0.15) is 0 Å². The van der Waals surface area contributed by atoms with Gasteiger partial charge >= 0.3 is 6.03 Å². The lowest BCUT2D eigenvalue weighted by Gasteiger charge is -2.11. The zero-order valence-corrected chi connectivity index (χ0v) is 13.1. The van der Waals surface area contributed by atoms with Crippen LogP contribution in [-0.4, -0.2) is 19.2 Å². The number of hydrogen-bond donors (Lipinski definition) is 2. The quantitative estimate of drug-likeness (QED) is 0.805. The number of urea groups is 1. The van der Waals surface area contributed by atoms with Gasteiger partial charge in [0.25, 0.3) is 0 Å². The zero-order valence-electron chi connectivity index (χ0n) is 13.1. The molecule has 0 saturated carbocycles. The topological polar surface area (TPSA) is 50.4 Å². The Labute approximate surface area is 131 Å². The van der Waals surface area contributed by atoms with Gasteiger partial charge in [0, 0.05) is 6.54 Å². The molecule has 2 aromatic rings. The first kappa shape index (κ1) is 15.9. The first-order valence-corrected chi connectivity index (χ1v) is 7.41. The van der Waals surface area contributed by atoms with Gasteiger partial charge in [-0.1, -0.05) is 42.5 Å². The van der Waals surface area contributed by atoms with E-state index in [2.05, 4.69) is 16.7 Å². The molecule has 0 saturated heterocycles. The Morgan fingerprint density at radius 2 is 1.82 bits per heavy atom. The molecule has 0 aliphatic heterocycles. The predicted octanol–water partition coefficient (Wildman–Crippen LogP) is 3.18. The molecule has 0 fully saturated rings. The molecule has 2 amide bonds. The highest BCUT2D eigenvalue weighted by molar-refractivity contribution is 5.73. The Kier molecular flexibility index (Phi) is 5.83. The molecule has 116 valence electrons. The van der Waals surface area contributed by atoms with Gasteiger partial charge in [0.2, 0.25) is 0 Å². The number of rotatable bonds is 6. The van der Waals surface area contributed by atoms with E-state index in [4.69, 9.17) is 4.74 Å². The number of amides is 2. The first-order valence-electron chi connectivity index (χ1n) is 7.41. The molecule has 2 rings (SSSR count). The van der Waals surface area contributed by atoms with Gasteiger partial charge in [0.05, 0.1) is 6.54 Å². The van der Waals surface area contributed by atoms with Crippen LogP contribution in [0.25, 0.3) is 0 Å². The molecule has 0 unspecified atom stereocenters. The largest absolute Gasteiger partial charge is 0.491 e. The summed E-state index contributed by atoms with van der Waals surface area (Å²) in [7, 11) is 0. The van der Waals surface area contributed by atoms with Crippen molar-refractivity contribution in [2.45, 2.75) is 20.4 Å². The third-order valence-corrected chi connectivity index (χ3v) is 3.28. The van der Waals surface area contributed by atoms with Crippen LogP contribution in [-0.2, 0) is 6.54 Å². The molecule has 22 heavy (non-hydrogen) atoms. The van der Waals surface area contributed by atoms with Crippen LogP contribution in [0.5, 0.6) is 5.75 Å². The summed E-state index contributed by atoms with van der Waals surface area (Å²) in [6, 6.07) is 15.7. The average molecular weight is 298 g/mol. The number of nitrogens with one attached hydrogen (secondary N) is 2. The maximum Gasteiger partial charge on any atom is 0.315 e. The van der Waals surface area contributed by atoms with E-state index in [1.165, 1.54) is 0 Å². The summed E-state index contributed by atoms with van der Waals surface area (Å²) in [4.78, 5) is 11.7. The van der Waals surface area contributed by atoms with Crippen molar-refractivity contribution in [2.24, 2.45) is 0 Å². The Balaban J connectivity index is 1.66. The number of benzene rings is 2. The lowest BCUT2D eigenvalue weighted by molar-refractivity contribution is 0.236. The van der Waals surface area contributed by atoms with Crippen LogP contribution in [0.2, 0.25) is 0 Å². The lowest BCUT2D eigenvalue weighted by Crippen LogP contribution is -2.37. The Hall–Kier alpha value is -2.49. The van der Waals surface area contributed by atoms with E-state index in [0.29, 0.717) is 19.7 Å². The molecule has 0 aromatic heterocycles. The highest BCUT2D eigenvalue weighted by Crippen LogP contribution is 2.18. The van der Waals surface area contributed by atoms with Crippen LogP contribution in [0.3, 0.4) is 0 Å². The van der Waals surface area contributed by atoms with Gasteiger partial charge in [0.1, 0.15) is 12.4 Å². The fourth-order valence-corrected chi connectivity index (χ4v) is 2.03. The smallest absolute Gasteiger partial charge is 0.315 e. The molecule has 4 nitrogen and oxygen atoms in total. The molecular weight excluding hydrogens is 276 g/mol. The fraction of sp³-hybridized carbons (Fsp3) is 0.278. The van der Waals surface area contributed by atoms with Crippen molar-refractivity contribution < 1.29 is 9.53 Å². The number of ether oxygens (including phenoxy) is 1. The second-order valence-corrected chi connectivity index (χ2v) is 5.21. The third-order valence-electron chi connectivity index (χ3n) is 3.28. The average Bonchev–Trinajstić information content (AvgIpc) is 2.53. The van der Waals surface area contributed by atoms with E-state index in [9.17, 15) is 4.79 Å². The van der Waals surface area contributed by atoms with Gasteiger partial charge in [-0.15, -0.1) is 0 Å². The molecule has 0 spiro atoms. The van der Waals surface area contributed by atoms with E-state index in [1.54, 1.807) is 0 Å². The van der Waals surface area contributed by atoms with E-state index >= 15 is 0 Å². The minimum Gasteiger partial charge on any atom is -0.491 e. The van der Waals surface area contributed by atoms with Gasteiger partial charge < -0.3 is 15.4 Å². The molecule has 0 atom stereocenters. The highest BCUT2D eigenvalue weighted by Gasteiger charge is 2.02. The van der Waals surface area contributed by atoms with Gasteiger partial charge in [-0.25, -0.2) is 4.79 Å². The maximum atomic E-state index is 11.7. The maximum absolute atomic E-state index is 11.7. The molecule has 2 aromatic carbocycles. The number of carbonyl (C=O) groups is 1. The van der Waals surface area contributed by atoms with Gasteiger partial charge in [-0.05, 0) is 36.6 Å². The van der Waals surface area contributed by atoms with Crippen molar-refractivity contribution in [1.82, 2.24) is 10.6 Å². The summed E-state index contributed by atoms with van der Waals surface area (Å²) in [6.07, 6.45) is 0. The summed E-state index contributed by atoms with van der Waals surface area (Å²) in [6.45, 7) is 5.47. The minimum absolute atomic E-state index is 0.187. The van der Waals surface area contributed by atoms with Gasteiger partial charge in [-0.3, -0.25) is 0 Å². The standard InChI is InChI=1S/C18H22N2O2/c1-14-8-9-15(2)17(12-14)22-11-10-19-18(21)20-13-16-6-4-3-5-7-16/h3-9,12H,10-11,13H2,1-2H3,(H2,19,20,21). The van der Waals surface area contributed by atoms with Crippen molar-refractivity contribution in [3.8, 4) is 5.75 Å². The van der Waals surface area contributed by atoms with Crippen LogP contribution in [0.1, 0.15) is 16.7 Å².